The molecule has 1 aromatic rings. The lowest BCUT2D eigenvalue weighted by atomic mass is 9.91. The van der Waals surface area contributed by atoms with Gasteiger partial charge in [-0.1, -0.05) is 40.8 Å². The normalized spacial score (nSPS) is 14.3. The summed E-state index contributed by atoms with van der Waals surface area (Å²) in [6.07, 6.45) is 10.1. The molecule has 21 heavy (non-hydrogen) atoms. The van der Waals surface area contributed by atoms with Gasteiger partial charge in [-0.05, 0) is 51.2 Å². The molecule has 0 aliphatic heterocycles. The van der Waals surface area contributed by atoms with E-state index in [-0.39, 0.29) is 0 Å². The van der Waals surface area contributed by atoms with Crippen LogP contribution in [0.15, 0.2) is 41.3 Å². The number of hydrogen-bond acceptors (Lipinski definition) is 0. The summed E-state index contributed by atoms with van der Waals surface area (Å²) in [5.41, 5.74) is 8.01. The topological polar surface area (TPSA) is 18.0 Å². The van der Waals surface area contributed by atoms with Gasteiger partial charge in [0.15, 0.2) is 12.4 Å². The van der Waals surface area contributed by atoms with Crippen LogP contribution in [0.1, 0.15) is 39.5 Å². The molecule has 0 N–H and O–H groups in total. The first kappa shape index (κ1) is 15.9. The van der Waals surface area contributed by atoms with E-state index in [1.165, 1.54) is 29.6 Å². The van der Waals surface area contributed by atoms with Crippen LogP contribution in [0.4, 0.5) is 0 Å². The van der Waals surface area contributed by atoms with Crippen LogP contribution < -0.4 is 4.68 Å². The van der Waals surface area contributed by atoms with Gasteiger partial charge < -0.3 is 5.43 Å². The maximum Gasteiger partial charge on any atom is 0.183 e. The molecule has 1 aliphatic carbocycles. The molecule has 0 radical (unpaired) electrons. The summed E-state index contributed by atoms with van der Waals surface area (Å²) >= 11 is 11.9. The maximum absolute atomic E-state index is 5.93. The molecule has 0 bridgehead atoms. The van der Waals surface area contributed by atoms with Gasteiger partial charge in [0.1, 0.15) is 10.0 Å². The van der Waals surface area contributed by atoms with Crippen molar-refractivity contribution >= 4 is 23.2 Å². The maximum atomic E-state index is 5.93. The number of aromatic nitrogens is 1. The van der Waals surface area contributed by atoms with Gasteiger partial charge in [0.25, 0.3) is 0 Å². The van der Waals surface area contributed by atoms with Crippen LogP contribution in [-0.2, 0) is 0 Å². The van der Waals surface area contributed by atoms with Gasteiger partial charge in [-0.15, -0.1) is 6.04 Å². The first-order valence-corrected chi connectivity index (χ1v) is 7.76. The molecule has 1 aromatic heterocycles. The third-order valence-electron chi connectivity index (χ3n) is 3.13. The molecular weight excluding hydrogens is 303 g/mol. The highest BCUT2D eigenvalue weighted by atomic mass is 35.5. The zero-order chi connectivity index (χ0) is 15.2. The smallest absolute Gasteiger partial charge is 0.183 e. The monoisotopic (exact) mass is 320 g/mol. The zero-order valence-corrected chi connectivity index (χ0v) is 13.8. The lowest BCUT2D eigenvalue weighted by molar-refractivity contribution is -0.618. The van der Waals surface area contributed by atoms with Crippen LogP contribution in [0.25, 0.3) is 5.43 Å². The fourth-order valence-corrected chi connectivity index (χ4v) is 2.77. The Balaban J connectivity index is 2.16. The number of hydrogen-bond donors (Lipinski definition) is 0. The molecule has 0 saturated heterocycles. The third kappa shape index (κ3) is 5.12. The molecular formula is C17H18Cl2N2. The highest BCUT2D eigenvalue weighted by Gasteiger charge is 2.08. The number of nitrogens with zero attached hydrogens (tertiary/aromatic N) is 2. The molecule has 0 atom stereocenters. The Bertz CT molecular complexity index is 624. The van der Waals surface area contributed by atoms with Crippen LogP contribution >= 0.6 is 23.2 Å². The predicted octanol–water partition coefficient (Wildman–Crippen LogP) is 5.22. The summed E-state index contributed by atoms with van der Waals surface area (Å²) in [4.78, 5) is 0. The van der Waals surface area contributed by atoms with E-state index in [1.807, 2.05) is 0 Å². The van der Waals surface area contributed by atoms with E-state index in [0.29, 0.717) is 10.0 Å². The largest absolute Gasteiger partial charge is 0.361 e. The average Bonchev–Trinajstić information content (AvgIpc) is 2.39. The van der Waals surface area contributed by atoms with E-state index in [1.54, 1.807) is 23.1 Å². The van der Waals surface area contributed by atoms with Crippen molar-refractivity contribution in [3.05, 3.63) is 56.7 Å². The fourth-order valence-electron chi connectivity index (χ4n) is 2.28. The average molecular weight is 321 g/mol. The Morgan fingerprint density at radius 1 is 1.19 bits per heavy atom. The minimum absolute atomic E-state index is 0.537. The minimum atomic E-state index is 0.537. The first-order chi connectivity index (χ1) is 10.0. The SMILES string of the molecule is CC(C)=CC1=C(C#C[N-][n+]2cc(Cl)cc(Cl)c2)CCCC1. The molecule has 0 aromatic carbocycles. The lowest BCUT2D eigenvalue weighted by Gasteiger charge is -2.15. The van der Waals surface area contributed by atoms with Crippen molar-refractivity contribution in [3.8, 4) is 12.0 Å². The number of halogens is 2. The van der Waals surface area contributed by atoms with Gasteiger partial charge in [0.05, 0.1) is 0 Å². The molecule has 0 fully saturated rings. The van der Waals surface area contributed by atoms with Gasteiger partial charge in [0.2, 0.25) is 0 Å². The van der Waals surface area contributed by atoms with Crippen molar-refractivity contribution in [1.82, 2.24) is 0 Å². The van der Waals surface area contributed by atoms with Gasteiger partial charge in [-0.2, -0.15) is 0 Å². The van der Waals surface area contributed by atoms with Crippen molar-refractivity contribution in [2.24, 2.45) is 0 Å². The minimum Gasteiger partial charge on any atom is -0.361 e. The van der Waals surface area contributed by atoms with E-state index >= 15 is 0 Å². The number of rotatable bonds is 2. The van der Waals surface area contributed by atoms with Gasteiger partial charge >= 0.3 is 0 Å². The van der Waals surface area contributed by atoms with E-state index in [9.17, 15) is 0 Å². The summed E-state index contributed by atoms with van der Waals surface area (Å²) in [6, 6.07) is 4.53. The Hall–Kier alpha value is -1.43. The van der Waals surface area contributed by atoms with E-state index in [2.05, 4.69) is 37.3 Å². The van der Waals surface area contributed by atoms with Gasteiger partial charge in [-0.3, -0.25) is 0 Å². The first-order valence-electron chi connectivity index (χ1n) is 7.01. The summed E-state index contributed by atoms with van der Waals surface area (Å²) in [7, 11) is 0. The second-order valence-corrected chi connectivity index (χ2v) is 6.19. The molecule has 0 unspecified atom stereocenters. The molecule has 1 heterocycles. The second kappa shape index (κ2) is 7.54. The Kier molecular flexibility index (Phi) is 5.73. The van der Waals surface area contributed by atoms with E-state index < -0.39 is 0 Å². The van der Waals surface area contributed by atoms with E-state index in [0.717, 1.165) is 12.8 Å². The van der Waals surface area contributed by atoms with Crippen molar-refractivity contribution in [2.45, 2.75) is 39.5 Å². The molecule has 0 saturated carbocycles. The summed E-state index contributed by atoms with van der Waals surface area (Å²) in [5.74, 6) is 3.18. The van der Waals surface area contributed by atoms with Crippen molar-refractivity contribution in [3.63, 3.8) is 0 Å². The number of allylic oxidation sites excluding steroid dienone is 4. The third-order valence-corrected chi connectivity index (χ3v) is 3.55. The van der Waals surface area contributed by atoms with Crippen LogP contribution in [0, 0.1) is 12.0 Å². The highest BCUT2D eigenvalue weighted by molar-refractivity contribution is 6.34. The highest BCUT2D eigenvalue weighted by Crippen LogP contribution is 2.26. The van der Waals surface area contributed by atoms with Crippen molar-refractivity contribution < 1.29 is 4.68 Å². The molecule has 0 amide bonds. The molecule has 110 valence electrons. The van der Waals surface area contributed by atoms with Crippen LogP contribution in [-0.4, -0.2) is 0 Å². The van der Waals surface area contributed by atoms with Crippen LogP contribution in [0.3, 0.4) is 0 Å². The summed E-state index contributed by atoms with van der Waals surface area (Å²) in [5, 5.41) is 1.07. The number of pyridine rings is 1. The van der Waals surface area contributed by atoms with Gasteiger partial charge in [0, 0.05) is 5.57 Å². The van der Waals surface area contributed by atoms with E-state index in [4.69, 9.17) is 23.2 Å². The Morgan fingerprint density at radius 2 is 1.86 bits per heavy atom. The van der Waals surface area contributed by atoms with Crippen LogP contribution in [0.5, 0.6) is 0 Å². The molecule has 2 nitrogen and oxygen atoms in total. The van der Waals surface area contributed by atoms with Crippen molar-refractivity contribution in [1.29, 1.82) is 0 Å². The molecule has 0 spiro atoms. The summed E-state index contributed by atoms with van der Waals surface area (Å²) < 4.78 is 1.54. The quantitative estimate of drug-likeness (QED) is 0.525. The molecule has 4 heteroatoms. The molecule has 2 rings (SSSR count). The summed E-state index contributed by atoms with van der Waals surface area (Å²) in [6.45, 7) is 4.22. The Labute approximate surface area is 136 Å². The second-order valence-electron chi connectivity index (χ2n) is 5.32. The lowest BCUT2D eigenvalue weighted by Crippen LogP contribution is -2.26. The standard InChI is InChI=1S/C17H18Cl2N2/c1-13(2)9-15-6-4-3-5-14(15)7-8-20-21-11-16(18)10-17(19)12-21/h9-12H,3-6H2,1-2H3. The predicted molar refractivity (Wildman–Crippen MR) is 88.1 cm³/mol. The Morgan fingerprint density at radius 3 is 2.52 bits per heavy atom. The van der Waals surface area contributed by atoms with Crippen LogP contribution in [0.2, 0.25) is 10.0 Å². The zero-order valence-electron chi connectivity index (χ0n) is 12.3. The van der Waals surface area contributed by atoms with Crippen molar-refractivity contribution in [2.75, 3.05) is 0 Å². The van der Waals surface area contributed by atoms with Gasteiger partial charge in [-0.25, -0.2) is 4.68 Å². The molecule has 1 aliphatic rings. The fraction of sp³-hybridized carbons (Fsp3) is 0.353.